The molecule has 0 saturated heterocycles. The number of carbonyl (C=O) groups excluding carboxylic acids is 1. The molecule has 2 heterocycles. The van der Waals surface area contributed by atoms with Crippen LogP contribution in [0.1, 0.15) is 41.4 Å². The minimum Gasteiger partial charge on any atom is -0.351 e. The maximum atomic E-state index is 12.2. The van der Waals surface area contributed by atoms with Gasteiger partial charge < -0.3 is 5.32 Å². The number of nitrogens with one attached hydrogen (secondary N) is 1. The smallest absolute Gasteiger partial charge is 0.269 e. The normalized spacial score (nSPS) is 19.1. The van der Waals surface area contributed by atoms with Gasteiger partial charge in [-0.2, -0.15) is 0 Å². The van der Waals surface area contributed by atoms with Gasteiger partial charge in [0.05, 0.1) is 9.26 Å². The number of non-ortho nitro benzene ring substituents is 1. The number of thiophene rings is 1. The second-order valence-electron chi connectivity index (χ2n) is 6.47. The molecule has 1 aromatic heterocycles. The Kier molecular flexibility index (Phi) is 7.22. The van der Waals surface area contributed by atoms with Crippen LogP contribution in [0.2, 0.25) is 4.34 Å². The summed E-state index contributed by atoms with van der Waals surface area (Å²) in [5, 5.41) is 15.7. The van der Waals surface area contributed by atoms with Crippen molar-refractivity contribution in [2.24, 2.45) is 0 Å². The molecule has 0 bridgehead atoms. The second kappa shape index (κ2) is 9.01. The van der Waals surface area contributed by atoms with E-state index in [9.17, 15) is 14.9 Å². The zero-order chi connectivity index (χ0) is 18.8. The van der Waals surface area contributed by atoms with Crippen LogP contribution in [0.25, 0.3) is 0 Å². The quantitative estimate of drug-likeness (QED) is 0.561. The van der Waals surface area contributed by atoms with Gasteiger partial charge in [-0.25, -0.2) is 0 Å². The van der Waals surface area contributed by atoms with Gasteiger partial charge in [-0.15, -0.1) is 23.7 Å². The molecule has 1 amide bonds. The summed E-state index contributed by atoms with van der Waals surface area (Å²) in [7, 11) is 0. The average molecular weight is 430 g/mol. The molecule has 0 saturated carbocycles. The van der Waals surface area contributed by atoms with Crippen molar-refractivity contribution in [1.82, 2.24) is 10.2 Å². The summed E-state index contributed by atoms with van der Waals surface area (Å²) in [5.74, 6) is -0.225. The standard InChI is InChI=1S/C18H20ClN3O3S.ClH/c1-11-9-15-16(10-26-17(15)19)12(2)21(11)8-7-20-18(23)13-3-5-14(6-4-13)22(24)25;/h3-6,10-12H,7-9H2,1-2H3,(H,20,23);1H. The molecular formula is C18H21Cl2N3O3S. The fourth-order valence-electron chi connectivity index (χ4n) is 3.44. The van der Waals surface area contributed by atoms with Crippen LogP contribution in [0.15, 0.2) is 29.6 Å². The van der Waals surface area contributed by atoms with E-state index in [1.54, 1.807) is 11.3 Å². The highest BCUT2D eigenvalue weighted by atomic mass is 35.5. The summed E-state index contributed by atoms with van der Waals surface area (Å²) in [6, 6.07) is 6.23. The SMILES string of the molecule is CC1Cc2c(csc2Cl)C(C)N1CCNC(=O)c1ccc([N+](=O)[O-])cc1.Cl. The number of rotatable bonds is 5. The first-order valence-electron chi connectivity index (χ1n) is 8.42. The molecule has 2 aromatic rings. The number of nitro benzene ring substituents is 1. The molecule has 1 N–H and O–H groups in total. The van der Waals surface area contributed by atoms with Gasteiger partial charge in [-0.05, 0) is 48.9 Å². The highest BCUT2D eigenvalue weighted by Gasteiger charge is 2.31. The fourth-order valence-corrected chi connectivity index (χ4v) is 4.67. The van der Waals surface area contributed by atoms with E-state index in [2.05, 4.69) is 29.4 Å². The van der Waals surface area contributed by atoms with Crippen LogP contribution < -0.4 is 5.32 Å². The van der Waals surface area contributed by atoms with Gasteiger partial charge in [0.1, 0.15) is 0 Å². The van der Waals surface area contributed by atoms with Crippen LogP contribution >= 0.6 is 35.3 Å². The van der Waals surface area contributed by atoms with Gasteiger partial charge in [-0.3, -0.25) is 19.8 Å². The van der Waals surface area contributed by atoms with Crippen molar-refractivity contribution in [2.45, 2.75) is 32.4 Å². The molecule has 9 heteroatoms. The van der Waals surface area contributed by atoms with Crippen LogP contribution in [0, 0.1) is 10.1 Å². The molecule has 2 unspecified atom stereocenters. The largest absolute Gasteiger partial charge is 0.351 e. The lowest BCUT2D eigenvalue weighted by molar-refractivity contribution is -0.384. The maximum Gasteiger partial charge on any atom is 0.269 e. The van der Waals surface area contributed by atoms with Crippen molar-refractivity contribution < 1.29 is 9.72 Å². The molecule has 1 aliphatic heterocycles. The fraction of sp³-hybridized carbons (Fsp3) is 0.389. The number of hydrogen-bond acceptors (Lipinski definition) is 5. The topological polar surface area (TPSA) is 75.5 Å². The lowest BCUT2D eigenvalue weighted by atomic mass is 9.93. The Hall–Kier alpha value is -1.67. The molecule has 0 fully saturated rings. The maximum absolute atomic E-state index is 12.2. The molecule has 0 radical (unpaired) electrons. The van der Waals surface area contributed by atoms with Crippen molar-refractivity contribution >= 4 is 46.9 Å². The zero-order valence-corrected chi connectivity index (χ0v) is 17.4. The third kappa shape index (κ3) is 4.60. The van der Waals surface area contributed by atoms with Crippen molar-refractivity contribution in [3.05, 3.63) is 60.8 Å². The van der Waals surface area contributed by atoms with Gasteiger partial charge in [0.2, 0.25) is 0 Å². The van der Waals surface area contributed by atoms with Crippen molar-refractivity contribution in [2.75, 3.05) is 13.1 Å². The Bertz CT molecular complexity index is 826. The third-order valence-corrected chi connectivity index (χ3v) is 6.20. The van der Waals surface area contributed by atoms with Crippen molar-refractivity contribution in [1.29, 1.82) is 0 Å². The number of benzene rings is 1. The van der Waals surface area contributed by atoms with Crippen molar-refractivity contribution in [3.63, 3.8) is 0 Å². The Balaban J connectivity index is 0.00000261. The number of amides is 1. The molecule has 2 atom stereocenters. The summed E-state index contributed by atoms with van der Waals surface area (Å²) in [6.07, 6.45) is 0.915. The van der Waals surface area contributed by atoms with Crippen molar-refractivity contribution in [3.8, 4) is 0 Å². The lowest BCUT2D eigenvalue weighted by Crippen LogP contribution is -2.44. The van der Waals surface area contributed by atoms with E-state index in [-0.39, 0.29) is 30.0 Å². The summed E-state index contributed by atoms with van der Waals surface area (Å²) in [5.41, 5.74) is 2.92. The molecule has 0 spiro atoms. The van der Waals surface area contributed by atoms with E-state index in [1.807, 2.05) is 0 Å². The van der Waals surface area contributed by atoms with E-state index < -0.39 is 4.92 Å². The van der Waals surface area contributed by atoms with E-state index in [1.165, 1.54) is 35.4 Å². The molecule has 0 aliphatic carbocycles. The highest BCUT2D eigenvalue weighted by molar-refractivity contribution is 7.14. The third-order valence-electron chi connectivity index (χ3n) is 4.88. The van der Waals surface area contributed by atoms with Gasteiger partial charge in [0.25, 0.3) is 11.6 Å². The summed E-state index contributed by atoms with van der Waals surface area (Å²) < 4.78 is 0.879. The predicted molar refractivity (Wildman–Crippen MR) is 110 cm³/mol. The Labute approximate surface area is 173 Å². The monoisotopic (exact) mass is 429 g/mol. The Morgan fingerprint density at radius 3 is 2.67 bits per heavy atom. The molecule has 1 aromatic carbocycles. The number of fused-ring (bicyclic) bond motifs is 1. The van der Waals surface area contributed by atoms with Gasteiger partial charge >= 0.3 is 0 Å². The van der Waals surface area contributed by atoms with Gasteiger partial charge in [0, 0.05) is 42.9 Å². The minimum absolute atomic E-state index is 0. The molecule has 3 rings (SSSR count). The van der Waals surface area contributed by atoms with Gasteiger partial charge in [-0.1, -0.05) is 11.6 Å². The second-order valence-corrected chi connectivity index (χ2v) is 7.95. The number of halogens is 2. The average Bonchev–Trinajstić information content (AvgIpc) is 2.98. The molecule has 146 valence electrons. The first-order valence-corrected chi connectivity index (χ1v) is 9.68. The molecule has 1 aliphatic rings. The van der Waals surface area contributed by atoms with Crippen LogP contribution in [-0.4, -0.2) is 34.9 Å². The molecule has 6 nitrogen and oxygen atoms in total. The zero-order valence-electron chi connectivity index (χ0n) is 15.0. The van der Waals surface area contributed by atoms with Crippen LogP contribution in [0.5, 0.6) is 0 Å². The Morgan fingerprint density at radius 1 is 1.37 bits per heavy atom. The lowest BCUT2D eigenvalue weighted by Gasteiger charge is -2.39. The number of carbonyl (C=O) groups is 1. The van der Waals surface area contributed by atoms with Gasteiger partial charge in [0.15, 0.2) is 0 Å². The van der Waals surface area contributed by atoms with E-state index in [0.717, 1.165) is 17.3 Å². The number of hydrogen-bond donors (Lipinski definition) is 1. The van der Waals surface area contributed by atoms with E-state index in [0.29, 0.717) is 18.2 Å². The Morgan fingerprint density at radius 2 is 2.04 bits per heavy atom. The van der Waals surface area contributed by atoms with E-state index in [4.69, 9.17) is 11.6 Å². The van der Waals surface area contributed by atoms with Crippen LogP contribution in [-0.2, 0) is 6.42 Å². The number of nitro groups is 1. The first kappa shape index (κ1) is 21.6. The van der Waals surface area contributed by atoms with Crippen LogP contribution in [0.4, 0.5) is 5.69 Å². The molecular weight excluding hydrogens is 409 g/mol. The first-order chi connectivity index (χ1) is 12.4. The highest BCUT2D eigenvalue weighted by Crippen LogP contribution is 2.39. The van der Waals surface area contributed by atoms with Crippen LogP contribution in [0.3, 0.4) is 0 Å². The summed E-state index contributed by atoms with van der Waals surface area (Å²) >= 11 is 7.86. The number of nitrogens with zero attached hydrogens (tertiary/aromatic N) is 2. The molecule has 27 heavy (non-hydrogen) atoms. The summed E-state index contributed by atoms with van der Waals surface area (Å²) in [6.45, 7) is 5.58. The predicted octanol–water partition coefficient (Wildman–Crippen LogP) is 4.47. The minimum atomic E-state index is -0.480. The summed E-state index contributed by atoms with van der Waals surface area (Å²) in [4.78, 5) is 24.8. The van der Waals surface area contributed by atoms with E-state index >= 15 is 0 Å².